The predicted octanol–water partition coefficient (Wildman–Crippen LogP) is 8.07. The molecular weight excluding hydrogens is 617 g/mol. The van der Waals surface area contributed by atoms with Gasteiger partial charge in [0.1, 0.15) is 10.8 Å². The van der Waals surface area contributed by atoms with E-state index in [-0.39, 0.29) is 5.91 Å². The molecule has 0 bridgehead atoms. The minimum Gasteiger partial charge on any atom is -0.497 e. The van der Waals surface area contributed by atoms with Crippen LogP contribution in [0.15, 0.2) is 70.7 Å². The number of rotatable bonds is 8. The molecule has 2 aromatic carbocycles. The number of methoxy groups -OCH3 is 1. The van der Waals surface area contributed by atoms with Crippen molar-refractivity contribution in [2.45, 2.75) is 46.0 Å². The van der Waals surface area contributed by atoms with Crippen LogP contribution in [-0.2, 0) is 24.1 Å². The van der Waals surface area contributed by atoms with E-state index in [0.717, 1.165) is 81.1 Å². The van der Waals surface area contributed by atoms with Gasteiger partial charge in [-0.2, -0.15) is 0 Å². The molecule has 2 aliphatic rings. The Balaban J connectivity index is 1.24. The fourth-order valence-electron chi connectivity index (χ4n) is 6.44. The SMILES string of the molecule is COc1ccc(N=C2S/C(=C\c3cc(C)n(-c4sc5c(c4C(=O)O)CCCC5)c3C)C(=O)N2CCc2c[nH]c3ccccc23)cc1. The summed E-state index contributed by atoms with van der Waals surface area (Å²) >= 11 is 2.95. The highest BCUT2D eigenvalue weighted by Gasteiger charge is 2.34. The minimum atomic E-state index is -0.881. The van der Waals surface area contributed by atoms with Crippen LogP contribution in [0.1, 0.15) is 56.2 Å². The fraction of sp³-hybridized carbons (Fsp3) is 0.250. The summed E-state index contributed by atoms with van der Waals surface area (Å²) in [6, 6.07) is 17.7. The number of hydrogen-bond donors (Lipinski definition) is 2. The number of nitrogens with one attached hydrogen (secondary N) is 1. The number of carboxylic acids is 1. The molecule has 0 saturated carbocycles. The highest BCUT2D eigenvalue weighted by atomic mass is 32.2. The average Bonchev–Trinajstić information content (AvgIpc) is 3.79. The van der Waals surface area contributed by atoms with Crippen LogP contribution >= 0.6 is 23.1 Å². The molecule has 1 aliphatic carbocycles. The standard InChI is InChI=1S/C36H34N4O4S2/c1-21-18-24(22(2)40(21)34-32(35(42)43)28-9-5-7-11-30(28)45-34)19-31-33(41)39(17-16-23-20-37-29-10-6-4-8-27(23)29)36(46-31)38-25-12-14-26(44-3)15-13-25/h4,6,8,10,12-15,18-20,37H,5,7,9,11,16-17H2,1-3H3,(H,42,43)/b31-19-,38-36?. The van der Waals surface area contributed by atoms with Crippen molar-refractivity contribution in [3.05, 3.63) is 104 Å². The lowest BCUT2D eigenvalue weighted by Gasteiger charge is -2.15. The number of aryl methyl sites for hydroxylation is 2. The normalized spacial score (nSPS) is 16.6. The smallest absolute Gasteiger partial charge is 0.339 e. The molecule has 1 aliphatic heterocycles. The van der Waals surface area contributed by atoms with E-state index >= 15 is 0 Å². The number of carbonyl (C=O) groups excluding carboxylic acids is 1. The number of aliphatic imine (C=N–C) groups is 1. The van der Waals surface area contributed by atoms with Crippen LogP contribution in [0.3, 0.4) is 0 Å². The maximum Gasteiger partial charge on any atom is 0.339 e. The predicted molar refractivity (Wildman–Crippen MR) is 186 cm³/mol. The maximum absolute atomic E-state index is 14.0. The molecular formula is C36H34N4O4S2. The lowest BCUT2D eigenvalue weighted by molar-refractivity contribution is -0.122. The van der Waals surface area contributed by atoms with Gasteiger partial charge in [-0.15, -0.1) is 11.3 Å². The van der Waals surface area contributed by atoms with E-state index in [2.05, 4.69) is 11.1 Å². The first-order chi connectivity index (χ1) is 22.3. The summed E-state index contributed by atoms with van der Waals surface area (Å²) in [5, 5.41) is 12.7. The van der Waals surface area contributed by atoms with Gasteiger partial charge in [0, 0.05) is 39.9 Å². The van der Waals surface area contributed by atoms with Crippen LogP contribution in [0.25, 0.3) is 22.0 Å². The van der Waals surface area contributed by atoms with Crippen LogP contribution in [0.4, 0.5) is 5.69 Å². The third-order valence-electron chi connectivity index (χ3n) is 8.79. The van der Waals surface area contributed by atoms with E-state index in [1.165, 1.54) is 16.6 Å². The number of nitrogens with zero attached hydrogens (tertiary/aromatic N) is 3. The molecule has 7 rings (SSSR count). The van der Waals surface area contributed by atoms with Gasteiger partial charge < -0.3 is 19.4 Å². The van der Waals surface area contributed by atoms with Gasteiger partial charge in [0.2, 0.25) is 0 Å². The molecule has 3 aromatic heterocycles. The second kappa shape index (κ2) is 12.3. The summed E-state index contributed by atoms with van der Waals surface area (Å²) in [4.78, 5) is 38.2. The van der Waals surface area contributed by atoms with Gasteiger partial charge in [0.05, 0.1) is 23.3 Å². The molecule has 5 aromatic rings. The number of fused-ring (bicyclic) bond motifs is 2. The number of hydrogen-bond acceptors (Lipinski definition) is 6. The molecule has 8 nitrogen and oxygen atoms in total. The number of thiophene rings is 1. The van der Waals surface area contributed by atoms with E-state index in [0.29, 0.717) is 28.6 Å². The summed E-state index contributed by atoms with van der Waals surface area (Å²) < 4.78 is 7.36. The third kappa shape index (κ3) is 5.45. The molecule has 4 heterocycles. The van der Waals surface area contributed by atoms with Crippen LogP contribution in [0.5, 0.6) is 5.75 Å². The number of H-pyrrole nitrogens is 1. The fourth-order valence-corrected chi connectivity index (χ4v) is 8.95. The molecule has 0 unspecified atom stereocenters. The van der Waals surface area contributed by atoms with Gasteiger partial charge in [-0.25, -0.2) is 9.79 Å². The monoisotopic (exact) mass is 650 g/mol. The molecule has 1 amide bonds. The van der Waals surface area contributed by atoms with Gasteiger partial charge in [-0.3, -0.25) is 9.69 Å². The largest absolute Gasteiger partial charge is 0.497 e. The Bertz CT molecular complexity index is 2050. The highest BCUT2D eigenvalue weighted by molar-refractivity contribution is 8.18. The molecule has 0 atom stereocenters. The molecule has 1 saturated heterocycles. The number of para-hydroxylation sites is 1. The van der Waals surface area contributed by atoms with E-state index in [9.17, 15) is 14.7 Å². The highest BCUT2D eigenvalue weighted by Crippen LogP contribution is 2.40. The lowest BCUT2D eigenvalue weighted by atomic mass is 9.95. The molecule has 0 radical (unpaired) electrons. The maximum atomic E-state index is 14.0. The molecule has 46 heavy (non-hydrogen) atoms. The summed E-state index contributed by atoms with van der Waals surface area (Å²) in [5.74, 6) is -0.239. The van der Waals surface area contributed by atoms with E-state index in [4.69, 9.17) is 9.73 Å². The molecule has 10 heteroatoms. The summed E-state index contributed by atoms with van der Waals surface area (Å²) in [6.07, 6.45) is 8.43. The number of thioether (sulfide) groups is 1. The number of benzene rings is 2. The summed E-state index contributed by atoms with van der Waals surface area (Å²) in [7, 11) is 1.63. The second-order valence-electron chi connectivity index (χ2n) is 11.6. The van der Waals surface area contributed by atoms with E-state index < -0.39 is 5.97 Å². The Hall–Kier alpha value is -4.54. The van der Waals surface area contributed by atoms with Crippen molar-refractivity contribution in [1.82, 2.24) is 14.5 Å². The van der Waals surface area contributed by atoms with Gasteiger partial charge in [-0.1, -0.05) is 18.2 Å². The molecule has 234 valence electrons. The van der Waals surface area contributed by atoms with Gasteiger partial charge >= 0.3 is 5.97 Å². The minimum absolute atomic E-state index is 0.0975. The number of carbonyl (C=O) groups is 2. The Morgan fingerprint density at radius 2 is 1.89 bits per heavy atom. The zero-order valence-corrected chi connectivity index (χ0v) is 27.6. The topological polar surface area (TPSA) is 99.9 Å². The Morgan fingerprint density at radius 3 is 2.67 bits per heavy atom. The van der Waals surface area contributed by atoms with Crippen molar-refractivity contribution in [1.29, 1.82) is 0 Å². The lowest BCUT2D eigenvalue weighted by Crippen LogP contribution is -2.31. The average molecular weight is 651 g/mol. The Morgan fingerprint density at radius 1 is 1.11 bits per heavy atom. The quantitative estimate of drug-likeness (QED) is 0.166. The van der Waals surface area contributed by atoms with Crippen LogP contribution < -0.4 is 4.74 Å². The van der Waals surface area contributed by atoms with Crippen molar-refractivity contribution in [2.24, 2.45) is 4.99 Å². The molecule has 1 fully saturated rings. The third-order valence-corrected chi connectivity index (χ3v) is 11.1. The van der Waals surface area contributed by atoms with E-state index in [1.807, 2.05) is 79.2 Å². The van der Waals surface area contributed by atoms with Crippen LogP contribution in [-0.4, -0.2) is 50.3 Å². The van der Waals surface area contributed by atoms with Crippen molar-refractivity contribution in [2.75, 3.05) is 13.7 Å². The van der Waals surface area contributed by atoms with E-state index in [1.54, 1.807) is 23.3 Å². The van der Waals surface area contributed by atoms with Gasteiger partial charge in [0.15, 0.2) is 5.17 Å². The Kier molecular flexibility index (Phi) is 8.08. The molecule has 2 N–H and O–H groups in total. The van der Waals surface area contributed by atoms with Crippen molar-refractivity contribution in [3.8, 4) is 10.8 Å². The summed E-state index contributed by atoms with van der Waals surface area (Å²) in [6.45, 7) is 4.46. The number of aromatic nitrogens is 2. The zero-order chi connectivity index (χ0) is 31.9. The van der Waals surface area contributed by atoms with Crippen molar-refractivity contribution in [3.63, 3.8) is 0 Å². The van der Waals surface area contributed by atoms with Crippen molar-refractivity contribution < 1.29 is 19.4 Å². The Labute approximate surface area is 275 Å². The van der Waals surface area contributed by atoms with Gasteiger partial charge in [0.25, 0.3) is 5.91 Å². The van der Waals surface area contributed by atoms with Crippen LogP contribution in [0, 0.1) is 13.8 Å². The number of ether oxygens (including phenoxy) is 1. The first-order valence-electron chi connectivity index (χ1n) is 15.4. The van der Waals surface area contributed by atoms with Crippen molar-refractivity contribution >= 4 is 62.8 Å². The second-order valence-corrected chi connectivity index (χ2v) is 13.7. The number of aromatic carboxylic acids is 1. The number of amides is 1. The summed E-state index contributed by atoms with van der Waals surface area (Å²) in [5.41, 5.74) is 7.08. The first kappa shape index (κ1) is 30.1. The van der Waals surface area contributed by atoms with Gasteiger partial charge in [-0.05, 0) is 117 Å². The number of aromatic amines is 1. The number of amidine groups is 1. The van der Waals surface area contributed by atoms with Crippen LogP contribution in [0.2, 0.25) is 0 Å². The number of carboxylic acid groups (broad SMARTS) is 1. The molecule has 0 spiro atoms. The zero-order valence-electron chi connectivity index (χ0n) is 25.9. The first-order valence-corrected chi connectivity index (χ1v) is 17.0.